The van der Waals surface area contributed by atoms with Crippen LogP contribution in [0.4, 0.5) is 10.1 Å². The van der Waals surface area contributed by atoms with Gasteiger partial charge in [-0.05, 0) is 19.1 Å². The Morgan fingerprint density at radius 2 is 2.25 bits per heavy atom. The van der Waals surface area contributed by atoms with Crippen LogP contribution in [0.25, 0.3) is 0 Å². The van der Waals surface area contributed by atoms with Crippen LogP contribution in [0, 0.1) is 11.7 Å². The lowest BCUT2D eigenvalue weighted by atomic mass is 10.1. The van der Waals surface area contributed by atoms with Crippen molar-refractivity contribution in [1.82, 2.24) is 14.9 Å². The molecule has 1 aliphatic rings. The quantitative estimate of drug-likeness (QED) is 0.905. The molecule has 1 N–H and O–H groups in total. The molecule has 2 heterocycles. The Labute approximate surface area is 139 Å². The first-order valence-electron chi connectivity index (χ1n) is 7.85. The van der Waals surface area contributed by atoms with Gasteiger partial charge in [0.1, 0.15) is 5.82 Å². The molecule has 1 aliphatic heterocycles. The molecule has 1 fully saturated rings. The first-order valence-corrected chi connectivity index (χ1v) is 7.85. The summed E-state index contributed by atoms with van der Waals surface area (Å²) in [6, 6.07) is 6.01. The summed E-state index contributed by atoms with van der Waals surface area (Å²) in [5.41, 5.74) is 0.226. The molecule has 0 saturated carbocycles. The van der Waals surface area contributed by atoms with E-state index in [-0.39, 0.29) is 36.5 Å². The molecule has 7 heteroatoms. The Balaban J connectivity index is 1.61. The SMILES string of the molecule is C[C@@H](Cn1ccnc1)NC(=O)[C@H]1CC(=O)N(c2ccccc2F)C1. The molecule has 2 atom stereocenters. The van der Waals surface area contributed by atoms with Crippen molar-refractivity contribution in [2.45, 2.75) is 25.9 Å². The topological polar surface area (TPSA) is 67.2 Å². The summed E-state index contributed by atoms with van der Waals surface area (Å²) in [5.74, 6) is -1.35. The molecule has 6 nitrogen and oxygen atoms in total. The fraction of sp³-hybridized carbons (Fsp3) is 0.353. The van der Waals surface area contributed by atoms with Crippen LogP contribution in [0.15, 0.2) is 43.0 Å². The molecule has 24 heavy (non-hydrogen) atoms. The maximum absolute atomic E-state index is 13.9. The minimum atomic E-state index is -0.470. The summed E-state index contributed by atoms with van der Waals surface area (Å²) in [5, 5.41) is 2.91. The van der Waals surface area contributed by atoms with Gasteiger partial charge in [-0.25, -0.2) is 9.37 Å². The largest absolute Gasteiger partial charge is 0.352 e. The van der Waals surface area contributed by atoms with Gasteiger partial charge in [0.2, 0.25) is 11.8 Å². The van der Waals surface area contributed by atoms with Crippen molar-refractivity contribution in [3.63, 3.8) is 0 Å². The number of amides is 2. The molecule has 0 unspecified atom stereocenters. The van der Waals surface area contributed by atoms with Crippen LogP contribution in [0.5, 0.6) is 0 Å². The van der Waals surface area contributed by atoms with E-state index in [1.54, 1.807) is 30.7 Å². The normalized spacial score (nSPS) is 18.7. The zero-order valence-electron chi connectivity index (χ0n) is 13.4. The monoisotopic (exact) mass is 330 g/mol. The number of nitrogens with one attached hydrogen (secondary N) is 1. The smallest absolute Gasteiger partial charge is 0.227 e. The van der Waals surface area contributed by atoms with Gasteiger partial charge < -0.3 is 14.8 Å². The van der Waals surface area contributed by atoms with Crippen molar-refractivity contribution in [1.29, 1.82) is 0 Å². The second kappa shape index (κ2) is 6.82. The summed E-state index contributed by atoms with van der Waals surface area (Å²) in [6.07, 6.45) is 5.28. The Bertz CT molecular complexity index is 732. The maximum atomic E-state index is 13.9. The molecule has 1 aromatic heterocycles. The van der Waals surface area contributed by atoms with Crippen molar-refractivity contribution >= 4 is 17.5 Å². The molecule has 0 bridgehead atoms. The highest BCUT2D eigenvalue weighted by molar-refractivity contribution is 6.00. The molecule has 126 valence electrons. The van der Waals surface area contributed by atoms with Crippen LogP contribution in [0.3, 0.4) is 0 Å². The van der Waals surface area contributed by atoms with Gasteiger partial charge in [0.05, 0.1) is 17.9 Å². The summed E-state index contributed by atoms with van der Waals surface area (Å²) >= 11 is 0. The molecular weight excluding hydrogens is 311 g/mol. The minimum Gasteiger partial charge on any atom is -0.352 e. The third-order valence-electron chi connectivity index (χ3n) is 4.07. The van der Waals surface area contributed by atoms with Gasteiger partial charge in [0.15, 0.2) is 0 Å². The van der Waals surface area contributed by atoms with E-state index in [1.807, 2.05) is 17.7 Å². The van der Waals surface area contributed by atoms with E-state index in [9.17, 15) is 14.0 Å². The molecule has 0 aliphatic carbocycles. The van der Waals surface area contributed by atoms with Gasteiger partial charge in [-0.2, -0.15) is 0 Å². The lowest BCUT2D eigenvalue weighted by molar-refractivity contribution is -0.126. The molecule has 1 saturated heterocycles. The minimum absolute atomic E-state index is 0.0932. The van der Waals surface area contributed by atoms with E-state index >= 15 is 0 Å². The van der Waals surface area contributed by atoms with Crippen molar-refractivity contribution in [3.05, 3.63) is 48.8 Å². The number of imidazole rings is 1. The fourth-order valence-corrected chi connectivity index (χ4v) is 2.90. The third-order valence-corrected chi connectivity index (χ3v) is 4.07. The summed E-state index contributed by atoms with van der Waals surface area (Å²) < 4.78 is 15.7. The van der Waals surface area contributed by atoms with Gasteiger partial charge in [0.25, 0.3) is 0 Å². The highest BCUT2D eigenvalue weighted by Crippen LogP contribution is 2.27. The first kappa shape index (κ1) is 16.2. The van der Waals surface area contributed by atoms with Crippen LogP contribution in [-0.4, -0.2) is 34.0 Å². The Morgan fingerprint density at radius 3 is 2.96 bits per heavy atom. The van der Waals surface area contributed by atoms with Crippen molar-refractivity contribution in [3.8, 4) is 0 Å². The van der Waals surface area contributed by atoms with E-state index in [0.717, 1.165) is 0 Å². The summed E-state index contributed by atoms with van der Waals surface area (Å²) in [7, 11) is 0. The molecule has 0 radical (unpaired) electrons. The van der Waals surface area contributed by atoms with Gasteiger partial charge in [-0.1, -0.05) is 12.1 Å². The second-order valence-electron chi connectivity index (χ2n) is 6.03. The van der Waals surface area contributed by atoms with E-state index < -0.39 is 11.7 Å². The maximum Gasteiger partial charge on any atom is 0.227 e. The van der Waals surface area contributed by atoms with Gasteiger partial charge >= 0.3 is 0 Å². The molecular formula is C17H19FN4O2. The number of halogens is 1. The molecule has 1 aromatic carbocycles. The predicted octanol–water partition coefficient (Wildman–Crippen LogP) is 1.58. The lowest BCUT2D eigenvalue weighted by Crippen LogP contribution is -2.40. The molecule has 0 spiro atoms. The van der Waals surface area contributed by atoms with E-state index in [2.05, 4.69) is 10.3 Å². The van der Waals surface area contributed by atoms with Crippen LogP contribution < -0.4 is 10.2 Å². The van der Waals surface area contributed by atoms with Crippen molar-refractivity contribution < 1.29 is 14.0 Å². The zero-order chi connectivity index (χ0) is 17.1. The van der Waals surface area contributed by atoms with Crippen LogP contribution in [-0.2, 0) is 16.1 Å². The van der Waals surface area contributed by atoms with Gasteiger partial charge in [0, 0.05) is 37.9 Å². The summed E-state index contributed by atoms with van der Waals surface area (Å²) in [6.45, 7) is 2.69. The number of carbonyl (C=O) groups excluding carboxylic acids is 2. The molecule has 2 aromatic rings. The number of para-hydroxylation sites is 1. The number of aromatic nitrogens is 2. The number of nitrogens with zero attached hydrogens (tertiary/aromatic N) is 3. The second-order valence-corrected chi connectivity index (χ2v) is 6.03. The predicted molar refractivity (Wildman–Crippen MR) is 86.7 cm³/mol. The fourth-order valence-electron chi connectivity index (χ4n) is 2.90. The van der Waals surface area contributed by atoms with Gasteiger partial charge in [-0.3, -0.25) is 9.59 Å². The third kappa shape index (κ3) is 3.45. The van der Waals surface area contributed by atoms with Crippen LogP contribution in [0.1, 0.15) is 13.3 Å². The highest BCUT2D eigenvalue weighted by Gasteiger charge is 2.36. The Hall–Kier alpha value is -2.70. The average Bonchev–Trinajstić information content (AvgIpc) is 3.17. The number of anilines is 1. The number of rotatable bonds is 5. The number of carbonyl (C=O) groups is 2. The van der Waals surface area contributed by atoms with E-state index in [1.165, 1.54) is 11.0 Å². The lowest BCUT2D eigenvalue weighted by Gasteiger charge is -2.19. The van der Waals surface area contributed by atoms with E-state index in [0.29, 0.717) is 6.54 Å². The number of hydrogen-bond donors (Lipinski definition) is 1. The summed E-state index contributed by atoms with van der Waals surface area (Å²) in [4.78, 5) is 29.8. The highest BCUT2D eigenvalue weighted by atomic mass is 19.1. The zero-order valence-corrected chi connectivity index (χ0v) is 13.4. The molecule has 2 amide bonds. The van der Waals surface area contributed by atoms with Crippen LogP contribution >= 0.6 is 0 Å². The Morgan fingerprint density at radius 1 is 1.46 bits per heavy atom. The number of benzene rings is 1. The average molecular weight is 330 g/mol. The van der Waals surface area contributed by atoms with Crippen molar-refractivity contribution in [2.24, 2.45) is 5.92 Å². The first-order chi connectivity index (χ1) is 11.5. The van der Waals surface area contributed by atoms with Crippen LogP contribution in [0.2, 0.25) is 0 Å². The standard InChI is InChI=1S/C17H19FN4O2/c1-12(9-21-7-6-19-11-21)20-17(24)13-8-16(23)22(10-13)15-5-3-2-4-14(15)18/h2-7,11-13H,8-10H2,1H3,(H,20,24)/t12-,13-/m0/s1. The van der Waals surface area contributed by atoms with Crippen molar-refractivity contribution in [2.75, 3.05) is 11.4 Å². The van der Waals surface area contributed by atoms with Gasteiger partial charge in [-0.15, -0.1) is 0 Å². The Kier molecular flexibility index (Phi) is 4.59. The molecule has 3 rings (SSSR count). The van der Waals surface area contributed by atoms with E-state index in [4.69, 9.17) is 0 Å². The number of hydrogen-bond acceptors (Lipinski definition) is 3.